The molecular formula is C19H30F3N5O3. The van der Waals surface area contributed by atoms with Gasteiger partial charge in [-0.15, -0.1) is 0 Å². The van der Waals surface area contributed by atoms with Gasteiger partial charge in [0.05, 0.1) is 12.5 Å². The van der Waals surface area contributed by atoms with Crippen LogP contribution in [0.1, 0.15) is 39.4 Å². The summed E-state index contributed by atoms with van der Waals surface area (Å²) >= 11 is 0. The molecule has 1 aromatic heterocycles. The Bertz CT molecular complexity index is 715. The molecule has 0 bridgehead atoms. The van der Waals surface area contributed by atoms with E-state index < -0.39 is 24.4 Å². The van der Waals surface area contributed by atoms with Crippen LogP contribution in [0.2, 0.25) is 0 Å². The lowest BCUT2D eigenvalue weighted by Gasteiger charge is -2.31. The lowest BCUT2D eigenvalue weighted by atomic mass is 9.97. The third-order valence-electron chi connectivity index (χ3n) is 4.49. The van der Waals surface area contributed by atoms with Crippen LogP contribution in [-0.4, -0.2) is 64.4 Å². The molecule has 0 radical (unpaired) electrons. The normalized spacial score (nSPS) is 18.1. The molecule has 1 aliphatic heterocycles. The van der Waals surface area contributed by atoms with Crippen molar-refractivity contribution in [2.75, 3.05) is 26.2 Å². The number of alkyl halides is 3. The van der Waals surface area contributed by atoms with E-state index in [1.54, 1.807) is 20.8 Å². The molecule has 0 saturated carbocycles. The van der Waals surface area contributed by atoms with Crippen molar-refractivity contribution >= 4 is 12.0 Å². The van der Waals surface area contributed by atoms with Gasteiger partial charge >= 0.3 is 12.3 Å². The number of rotatable bonds is 7. The average Bonchev–Trinajstić information content (AvgIpc) is 3.02. The summed E-state index contributed by atoms with van der Waals surface area (Å²) in [5.74, 6) is -0.0643. The third kappa shape index (κ3) is 8.60. The molecule has 2 amide bonds. The van der Waals surface area contributed by atoms with Crippen LogP contribution in [0.15, 0.2) is 12.4 Å². The summed E-state index contributed by atoms with van der Waals surface area (Å²) in [4.78, 5) is 30.0. The van der Waals surface area contributed by atoms with Crippen LogP contribution in [-0.2, 0) is 22.6 Å². The van der Waals surface area contributed by atoms with Crippen LogP contribution in [0.25, 0.3) is 0 Å². The second-order valence-electron chi connectivity index (χ2n) is 8.38. The number of likely N-dealkylation sites (tertiary alicyclic amines) is 1. The maximum atomic E-state index is 12.7. The predicted molar refractivity (Wildman–Crippen MR) is 104 cm³/mol. The molecule has 30 heavy (non-hydrogen) atoms. The SMILES string of the molecule is CC(C)(C)OC(=O)NCCNC(=O)C1CCCN(Cc2nccn2CC(F)(F)F)C1. The van der Waals surface area contributed by atoms with Gasteiger partial charge in [-0.1, -0.05) is 0 Å². The number of ether oxygens (including phenoxy) is 1. The molecule has 2 heterocycles. The monoisotopic (exact) mass is 433 g/mol. The van der Waals surface area contributed by atoms with Crippen LogP contribution in [0.4, 0.5) is 18.0 Å². The second kappa shape index (κ2) is 10.1. The molecule has 1 aliphatic rings. The van der Waals surface area contributed by atoms with Gasteiger partial charge in [-0.2, -0.15) is 13.2 Å². The molecule has 0 aliphatic carbocycles. The van der Waals surface area contributed by atoms with Gasteiger partial charge in [0, 0.05) is 32.0 Å². The first-order valence-corrected chi connectivity index (χ1v) is 9.96. The minimum atomic E-state index is -4.31. The molecule has 2 N–H and O–H groups in total. The van der Waals surface area contributed by atoms with E-state index >= 15 is 0 Å². The number of hydrogen-bond donors (Lipinski definition) is 2. The molecule has 2 rings (SSSR count). The van der Waals surface area contributed by atoms with E-state index in [1.807, 2.05) is 4.90 Å². The molecule has 170 valence electrons. The molecule has 1 saturated heterocycles. The van der Waals surface area contributed by atoms with Gasteiger partial charge in [-0.05, 0) is 40.2 Å². The number of hydrogen-bond acceptors (Lipinski definition) is 5. The molecular weight excluding hydrogens is 403 g/mol. The highest BCUT2D eigenvalue weighted by atomic mass is 19.4. The smallest absolute Gasteiger partial charge is 0.407 e. The Morgan fingerprint density at radius 3 is 2.60 bits per heavy atom. The molecule has 1 aromatic rings. The summed E-state index contributed by atoms with van der Waals surface area (Å²) in [6.45, 7) is 6.12. The highest BCUT2D eigenvalue weighted by molar-refractivity contribution is 5.79. The Labute approximate surface area is 174 Å². The summed E-state index contributed by atoms with van der Waals surface area (Å²) in [5.41, 5.74) is -0.590. The molecule has 1 fully saturated rings. The lowest BCUT2D eigenvalue weighted by molar-refractivity contribution is -0.141. The topological polar surface area (TPSA) is 88.5 Å². The van der Waals surface area contributed by atoms with Gasteiger partial charge in [0.1, 0.15) is 18.0 Å². The zero-order valence-corrected chi connectivity index (χ0v) is 17.6. The van der Waals surface area contributed by atoms with E-state index in [-0.39, 0.29) is 31.5 Å². The standard InChI is InChI=1S/C19H30F3N5O3/c1-18(2,3)30-17(29)25-7-6-24-16(28)14-5-4-9-26(11-14)12-15-23-8-10-27(15)13-19(20,21)22/h8,10,14H,4-7,9,11-13H2,1-3H3,(H,24,28)(H,25,29). The molecule has 11 heteroatoms. The molecule has 8 nitrogen and oxygen atoms in total. The summed E-state index contributed by atoms with van der Waals surface area (Å²) in [5, 5.41) is 5.36. The van der Waals surface area contributed by atoms with Crippen molar-refractivity contribution in [1.82, 2.24) is 25.1 Å². The van der Waals surface area contributed by atoms with Gasteiger partial charge in [-0.25, -0.2) is 9.78 Å². The minimum absolute atomic E-state index is 0.135. The lowest BCUT2D eigenvalue weighted by Crippen LogP contribution is -2.45. The Hall–Kier alpha value is -2.30. The number of halogens is 3. The number of piperidine rings is 1. The van der Waals surface area contributed by atoms with Crippen LogP contribution >= 0.6 is 0 Å². The number of alkyl carbamates (subject to hydrolysis) is 1. The fraction of sp³-hybridized carbons (Fsp3) is 0.737. The maximum absolute atomic E-state index is 12.7. The molecule has 0 aromatic carbocycles. The number of carbonyl (C=O) groups is 2. The Morgan fingerprint density at radius 2 is 1.93 bits per heavy atom. The van der Waals surface area contributed by atoms with E-state index in [9.17, 15) is 22.8 Å². The summed E-state index contributed by atoms with van der Waals surface area (Å²) in [6, 6.07) is 0. The molecule has 1 atom stereocenters. The third-order valence-corrected chi connectivity index (χ3v) is 4.49. The van der Waals surface area contributed by atoms with E-state index in [2.05, 4.69) is 15.6 Å². The summed E-state index contributed by atoms with van der Waals surface area (Å²) in [7, 11) is 0. The molecule has 0 spiro atoms. The van der Waals surface area contributed by atoms with Crippen molar-refractivity contribution in [2.45, 2.75) is 58.5 Å². The van der Waals surface area contributed by atoms with Crippen molar-refractivity contribution in [3.63, 3.8) is 0 Å². The van der Waals surface area contributed by atoms with E-state index in [0.29, 0.717) is 25.3 Å². The Morgan fingerprint density at radius 1 is 1.23 bits per heavy atom. The van der Waals surface area contributed by atoms with Crippen molar-refractivity contribution in [3.05, 3.63) is 18.2 Å². The fourth-order valence-electron chi connectivity index (χ4n) is 3.25. The largest absolute Gasteiger partial charge is 0.444 e. The van der Waals surface area contributed by atoms with Crippen LogP contribution in [0.5, 0.6) is 0 Å². The number of nitrogens with zero attached hydrogens (tertiary/aromatic N) is 3. The van der Waals surface area contributed by atoms with Gasteiger partial charge in [0.25, 0.3) is 0 Å². The van der Waals surface area contributed by atoms with Gasteiger partial charge in [-0.3, -0.25) is 9.69 Å². The zero-order valence-electron chi connectivity index (χ0n) is 17.6. The Balaban J connectivity index is 1.76. The van der Waals surface area contributed by atoms with Gasteiger partial charge in [0.2, 0.25) is 5.91 Å². The minimum Gasteiger partial charge on any atom is -0.444 e. The fourth-order valence-corrected chi connectivity index (χ4v) is 3.25. The number of imidazole rings is 1. The van der Waals surface area contributed by atoms with Crippen molar-refractivity contribution in [2.24, 2.45) is 5.92 Å². The quantitative estimate of drug-likeness (QED) is 0.645. The number of carbonyl (C=O) groups excluding carboxylic acids is 2. The number of nitrogens with one attached hydrogen (secondary N) is 2. The predicted octanol–water partition coefficient (Wildman–Crippen LogP) is 2.30. The highest BCUT2D eigenvalue weighted by Gasteiger charge is 2.30. The van der Waals surface area contributed by atoms with Gasteiger partial charge in [0.15, 0.2) is 0 Å². The van der Waals surface area contributed by atoms with Crippen molar-refractivity contribution < 1.29 is 27.5 Å². The summed E-state index contributed by atoms with van der Waals surface area (Å²) in [6.07, 6.45) is -0.711. The second-order valence-corrected chi connectivity index (χ2v) is 8.38. The van der Waals surface area contributed by atoms with Crippen LogP contribution in [0.3, 0.4) is 0 Å². The highest BCUT2D eigenvalue weighted by Crippen LogP contribution is 2.21. The van der Waals surface area contributed by atoms with Crippen LogP contribution in [0, 0.1) is 5.92 Å². The van der Waals surface area contributed by atoms with Gasteiger partial charge < -0.3 is 19.9 Å². The number of aromatic nitrogens is 2. The number of amides is 2. The maximum Gasteiger partial charge on any atom is 0.407 e. The van der Waals surface area contributed by atoms with E-state index in [0.717, 1.165) is 11.0 Å². The first kappa shape index (κ1) is 24.0. The van der Waals surface area contributed by atoms with Crippen molar-refractivity contribution in [1.29, 1.82) is 0 Å². The summed E-state index contributed by atoms with van der Waals surface area (Å²) < 4.78 is 44.2. The first-order chi connectivity index (χ1) is 13.9. The van der Waals surface area contributed by atoms with Crippen LogP contribution < -0.4 is 10.6 Å². The van der Waals surface area contributed by atoms with E-state index in [1.165, 1.54) is 12.4 Å². The average molecular weight is 433 g/mol. The Kier molecular flexibility index (Phi) is 8.10. The first-order valence-electron chi connectivity index (χ1n) is 9.96. The van der Waals surface area contributed by atoms with E-state index in [4.69, 9.17) is 4.74 Å². The molecule has 1 unspecified atom stereocenters. The zero-order chi connectivity index (χ0) is 22.4. The van der Waals surface area contributed by atoms with Crippen molar-refractivity contribution in [3.8, 4) is 0 Å².